The van der Waals surface area contributed by atoms with Crippen LogP contribution in [0.5, 0.6) is 0 Å². The molecule has 3 nitrogen and oxygen atoms in total. The summed E-state index contributed by atoms with van der Waals surface area (Å²) in [6.45, 7) is 6.61. The van der Waals surface area contributed by atoms with Crippen LogP contribution in [-0.2, 0) is 0 Å². The molecule has 2 aromatic heterocycles. The Labute approximate surface area is 129 Å². The highest BCUT2D eigenvalue weighted by Crippen LogP contribution is 2.31. The van der Waals surface area contributed by atoms with Crippen LogP contribution in [0.3, 0.4) is 0 Å². The molecule has 0 saturated heterocycles. The zero-order valence-corrected chi connectivity index (χ0v) is 13.1. The van der Waals surface area contributed by atoms with Gasteiger partial charge in [0.1, 0.15) is 0 Å². The summed E-state index contributed by atoms with van der Waals surface area (Å²) in [5.41, 5.74) is 6.15. The minimum atomic E-state index is 0.463. The maximum atomic E-state index is 4.14. The summed E-state index contributed by atoms with van der Waals surface area (Å²) < 4.78 is 2.37. The number of H-pyrrole nitrogens is 1. The van der Waals surface area contributed by atoms with E-state index in [1.54, 1.807) is 0 Å². The zero-order chi connectivity index (χ0) is 15.3. The Morgan fingerprint density at radius 1 is 1.00 bits per heavy atom. The van der Waals surface area contributed by atoms with Gasteiger partial charge >= 0.3 is 0 Å². The number of rotatable bonds is 2. The molecule has 0 unspecified atom stereocenters. The molecule has 0 aliphatic carbocycles. The smallest absolute Gasteiger partial charge is 0.0657 e. The van der Waals surface area contributed by atoms with E-state index in [1.807, 2.05) is 6.20 Å². The average molecular weight is 289 g/mol. The molecule has 0 amide bonds. The van der Waals surface area contributed by atoms with Crippen molar-refractivity contribution >= 4 is 21.8 Å². The van der Waals surface area contributed by atoms with Crippen molar-refractivity contribution in [1.82, 2.24) is 14.8 Å². The third kappa shape index (κ3) is 1.93. The molecule has 2 aromatic carbocycles. The molecule has 0 aliphatic rings. The Hall–Kier alpha value is -2.55. The molecule has 0 radical (unpaired) electrons. The van der Waals surface area contributed by atoms with Crippen LogP contribution in [0.25, 0.3) is 27.5 Å². The van der Waals surface area contributed by atoms with E-state index in [9.17, 15) is 0 Å². The van der Waals surface area contributed by atoms with E-state index >= 15 is 0 Å². The Balaban J connectivity index is 2.08. The van der Waals surface area contributed by atoms with Gasteiger partial charge in [-0.1, -0.05) is 31.5 Å². The molecule has 22 heavy (non-hydrogen) atoms. The fourth-order valence-electron chi connectivity index (χ4n) is 3.08. The summed E-state index contributed by atoms with van der Waals surface area (Å²) in [6, 6.07) is 15.4. The number of nitrogens with one attached hydrogen (secondary N) is 1. The Bertz CT molecular complexity index is 956. The minimum absolute atomic E-state index is 0.463. The molecule has 0 aliphatic heterocycles. The number of fused-ring (bicyclic) bond motifs is 2. The van der Waals surface area contributed by atoms with Crippen molar-refractivity contribution in [2.75, 3.05) is 0 Å². The maximum Gasteiger partial charge on any atom is 0.0657 e. The molecule has 2 heterocycles. The minimum Gasteiger partial charge on any atom is -0.313 e. The number of hydrogen-bond donors (Lipinski definition) is 1. The van der Waals surface area contributed by atoms with Gasteiger partial charge in [0.2, 0.25) is 0 Å². The van der Waals surface area contributed by atoms with Crippen molar-refractivity contribution < 1.29 is 0 Å². The Kier molecular flexibility index (Phi) is 2.83. The molecule has 1 N–H and O–H groups in total. The Morgan fingerprint density at radius 2 is 1.77 bits per heavy atom. The molecular formula is C19H19N3. The van der Waals surface area contributed by atoms with Gasteiger partial charge in [0, 0.05) is 22.2 Å². The highest BCUT2D eigenvalue weighted by Gasteiger charge is 2.14. The first kappa shape index (κ1) is 13.1. The van der Waals surface area contributed by atoms with Crippen LogP contribution in [-0.4, -0.2) is 14.8 Å². The topological polar surface area (TPSA) is 33.6 Å². The van der Waals surface area contributed by atoms with Gasteiger partial charge in [0.05, 0.1) is 17.2 Å². The fourth-order valence-corrected chi connectivity index (χ4v) is 3.08. The third-order valence-corrected chi connectivity index (χ3v) is 4.27. The van der Waals surface area contributed by atoms with E-state index in [-0.39, 0.29) is 0 Å². The lowest BCUT2D eigenvalue weighted by molar-refractivity contribution is 0.796. The van der Waals surface area contributed by atoms with Crippen molar-refractivity contribution in [3.05, 3.63) is 59.9 Å². The normalized spacial score (nSPS) is 11.8. The van der Waals surface area contributed by atoms with Gasteiger partial charge in [-0.25, -0.2) is 0 Å². The van der Waals surface area contributed by atoms with E-state index in [0.29, 0.717) is 5.92 Å². The molecule has 0 atom stereocenters. The van der Waals surface area contributed by atoms with Gasteiger partial charge in [0.25, 0.3) is 0 Å². The van der Waals surface area contributed by atoms with Crippen LogP contribution in [0, 0.1) is 6.92 Å². The van der Waals surface area contributed by atoms with Crippen LogP contribution in [0.15, 0.2) is 48.7 Å². The average Bonchev–Trinajstić information content (AvgIpc) is 3.09. The number of aryl methyl sites for hydroxylation is 1. The highest BCUT2D eigenvalue weighted by molar-refractivity contribution is 5.96. The molecule has 3 heteroatoms. The second-order valence-electron chi connectivity index (χ2n) is 6.26. The van der Waals surface area contributed by atoms with Gasteiger partial charge in [0.15, 0.2) is 0 Å². The van der Waals surface area contributed by atoms with Gasteiger partial charge in [-0.2, -0.15) is 5.10 Å². The SMILES string of the molecule is Cc1ccc(-n2c(C(C)C)cc3cc4[nH]ncc4cc32)cc1. The molecular weight excluding hydrogens is 270 g/mol. The van der Waals surface area contributed by atoms with Crippen molar-refractivity contribution in [2.45, 2.75) is 26.7 Å². The molecule has 0 saturated carbocycles. The number of benzene rings is 2. The molecule has 0 bridgehead atoms. The fraction of sp³-hybridized carbons (Fsp3) is 0.211. The van der Waals surface area contributed by atoms with Gasteiger partial charge in [-0.3, -0.25) is 5.10 Å². The number of aromatic amines is 1. The van der Waals surface area contributed by atoms with E-state index in [0.717, 1.165) is 10.9 Å². The van der Waals surface area contributed by atoms with E-state index in [2.05, 4.69) is 78.0 Å². The van der Waals surface area contributed by atoms with Crippen LogP contribution in [0.2, 0.25) is 0 Å². The summed E-state index contributed by atoms with van der Waals surface area (Å²) in [5.74, 6) is 0.463. The van der Waals surface area contributed by atoms with Crippen LogP contribution in [0.1, 0.15) is 31.0 Å². The summed E-state index contributed by atoms with van der Waals surface area (Å²) >= 11 is 0. The van der Waals surface area contributed by atoms with Crippen molar-refractivity contribution in [2.24, 2.45) is 0 Å². The predicted molar refractivity (Wildman–Crippen MR) is 91.8 cm³/mol. The lowest BCUT2D eigenvalue weighted by Crippen LogP contribution is -2.01. The second-order valence-corrected chi connectivity index (χ2v) is 6.26. The first-order valence-corrected chi connectivity index (χ1v) is 7.69. The number of nitrogens with zero attached hydrogens (tertiary/aromatic N) is 2. The lowest BCUT2D eigenvalue weighted by Gasteiger charge is -2.13. The zero-order valence-electron chi connectivity index (χ0n) is 13.1. The Morgan fingerprint density at radius 3 is 2.50 bits per heavy atom. The first-order valence-electron chi connectivity index (χ1n) is 7.69. The van der Waals surface area contributed by atoms with E-state index in [4.69, 9.17) is 0 Å². The quantitative estimate of drug-likeness (QED) is 0.557. The largest absolute Gasteiger partial charge is 0.313 e. The molecule has 0 fully saturated rings. The summed E-state index contributed by atoms with van der Waals surface area (Å²) in [7, 11) is 0. The molecule has 4 rings (SSSR count). The summed E-state index contributed by atoms with van der Waals surface area (Å²) in [5, 5.41) is 9.60. The van der Waals surface area contributed by atoms with Crippen molar-refractivity contribution in [1.29, 1.82) is 0 Å². The standard InChI is InChI=1S/C19H19N3/c1-12(2)18-9-14-8-17-15(11-20-21-17)10-19(14)22(18)16-6-4-13(3)5-7-16/h4-12H,1-3H3,(H,20,21). The molecule has 110 valence electrons. The van der Waals surface area contributed by atoms with Gasteiger partial charge < -0.3 is 4.57 Å². The van der Waals surface area contributed by atoms with E-state index in [1.165, 1.54) is 27.8 Å². The lowest BCUT2D eigenvalue weighted by atomic mass is 10.1. The van der Waals surface area contributed by atoms with Crippen LogP contribution >= 0.6 is 0 Å². The van der Waals surface area contributed by atoms with E-state index < -0.39 is 0 Å². The molecule has 0 spiro atoms. The molecule has 4 aromatic rings. The monoisotopic (exact) mass is 289 g/mol. The number of aromatic nitrogens is 3. The third-order valence-electron chi connectivity index (χ3n) is 4.27. The summed E-state index contributed by atoms with van der Waals surface area (Å²) in [6.07, 6.45) is 1.89. The highest BCUT2D eigenvalue weighted by atomic mass is 15.1. The van der Waals surface area contributed by atoms with Crippen LogP contribution < -0.4 is 0 Å². The van der Waals surface area contributed by atoms with Crippen molar-refractivity contribution in [3.63, 3.8) is 0 Å². The van der Waals surface area contributed by atoms with Gasteiger partial charge in [-0.05, 0) is 43.2 Å². The maximum absolute atomic E-state index is 4.14. The second kappa shape index (κ2) is 4.73. The predicted octanol–water partition coefficient (Wildman–Crippen LogP) is 4.94. The number of hydrogen-bond acceptors (Lipinski definition) is 1. The summed E-state index contributed by atoms with van der Waals surface area (Å²) in [4.78, 5) is 0. The first-order chi connectivity index (χ1) is 10.6. The van der Waals surface area contributed by atoms with Gasteiger partial charge in [-0.15, -0.1) is 0 Å². The van der Waals surface area contributed by atoms with Crippen LogP contribution in [0.4, 0.5) is 0 Å². The van der Waals surface area contributed by atoms with Crippen molar-refractivity contribution in [3.8, 4) is 5.69 Å².